The third-order valence-electron chi connectivity index (χ3n) is 4.94. The second-order valence-electron chi connectivity index (χ2n) is 7.65. The summed E-state index contributed by atoms with van der Waals surface area (Å²) in [5.74, 6) is 1.27. The lowest BCUT2D eigenvalue weighted by Crippen LogP contribution is -3.08. The summed E-state index contributed by atoms with van der Waals surface area (Å²) >= 11 is 0. The van der Waals surface area contributed by atoms with E-state index in [0.717, 1.165) is 28.3 Å². The van der Waals surface area contributed by atoms with Crippen molar-refractivity contribution in [2.75, 3.05) is 26.0 Å². The van der Waals surface area contributed by atoms with E-state index in [1.165, 1.54) is 16.5 Å². The number of carbonyl (C=O) groups excluding carboxylic acids is 1. The van der Waals surface area contributed by atoms with Crippen molar-refractivity contribution >= 4 is 22.4 Å². The van der Waals surface area contributed by atoms with Gasteiger partial charge in [0.05, 0.1) is 14.2 Å². The van der Waals surface area contributed by atoms with Gasteiger partial charge in [-0.05, 0) is 46.5 Å². The SMILES string of the molecule is COc1ccc2cc(C[NH+](C)CC(=O)Nc3ccccc3C(C)C)ccc2c1. The number of quaternary nitrogens is 1. The summed E-state index contributed by atoms with van der Waals surface area (Å²) < 4.78 is 5.28. The van der Waals surface area contributed by atoms with Crippen LogP contribution in [0.3, 0.4) is 0 Å². The average molecular weight is 378 g/mol. The number of rotatable bonds is 7. The van der Waals surface area contributed by atoms with E-state index in [1.807, 2.05) is 37.4 Å². The first-order chi connectivity index (χ1) is 13.5. The number of nitrogens with one attached hydrogen (secondary N) is 2. The number of benzene rings is 3. The van der Waals surface area contributed by atoms with Crippen molar-refractivity contribution in [1.82, 2.24) is 0 Å². The molecule has 1 atom stereocenters. The van der Waals surface area contributed by atoms with E-state index >= 15 is 0 Å². The molecule has 3 aromatic rings. The van der Waals surface area contributed by atoms with Gasteiger partial charge in [0, 0.05) is 11.3 Å². The Balaban J connectivity index is 1.63. The van der Waals surface area contributed by atoms with Crippen LogP contribution in [0.25, 0.3) is 10.8 Å². The number of anilines is 1. The molecule has 4 nitrogen and oxygen atoms in total. The zero-order valence-electron chi connectivity index (χ0n) is 17.1. The summed E-state index contributed by atoms with van der Waals surface area (Å²) in [6.07, 6.45) is 0. The lowest BCUT2D eigenvalue weighted by Gasteiger charge is -2.17. The van der Waals surface area contributed by atoms with Gasteiger partial charge >= 0.3 is 0 Å². The fourth-order valence-electron chi connectivity index (χ4n) is 3.50. The highest BCUT2D eigenvalue weighted by Crippen LogP contribution is 2.23. The van der Waals surface area contributed by atoms with Crippen molar-refractivity contribution in [2.45, 2.75) is 26.3 Å². The molecule has 0 saturated carbocycles. The monoisotopic (exact) mass is 377 g/mol. The molecule has 3 aromatic carbocycles. The van der Waals surface area contributed by atoms with E-state index in [1.54, 1.807) is 7.11 Å². The Hall–Kier alpha value is -2.85. The van der Waals surface area contributed by atoms with Crippen LogP contribution in [-0.4, -0.2) is 26.6 Å². The highest BCUT2D eigenvalue weighted by atomic mass is 16.5. The largest absolute Gasteiger partial charge is 0.497 e. The van der Waals surface area contributed by atoms with E-state index in [4.69, 9.17) is 4.74 Å². The van der Waals surface area contributed by atoms with Gasteiger partial charge in [-0.25, -0.2) is 0 Å². The molecule has 0 heterocycles. The van der Waals surface area contributed by atoms with Gasteiger partial charge < -0.3 is 15.0 Å². The molecule has 3 rings (SSSR count). The molecule has 1 amide bonds. The van der Waals surface area contributed by atoms with E-state index < -0.39 is 0 Å². The molecule has 0 aliphatic rings. The average Bonchev–Trinajstić information content (AvgIpc) is 2.67. The lowest BCUT2D eigenvalue weighted by molar-refractivity contribution is -0.885. The van der Waals surface area contributed by atoms with Crippen molar-refractivity contribution in [3.63, 3.8) is 0 Å². The number of ether oxygens (including phenoxy) is 1. The maximum atomic E-state index is 12.5. The molecule has 1 unspecified atom stereocenters. The fourth-order valence-corrected chi connectivity index (χ4v) is 3.50. The molecular weight excluding hydrogens is 348 g/mol. The number of likely N-dealkylation sites (N-methyl/N-ethyl adjacent to an activating group) is 1. The van der Waals surface area contributed by atoms with Crippen LogP contribution in [0, 0.1) is 0 Å². The van der Waals surface area contributed by atoms with Crippen molar-refractivity contribution in [3.8, 4) is 5.75 Å². The molecule has 0 saturated heterocycles. The molecule has 0 radical (unpaired) electrons. The minimum Gasteiger partial charge on any atom is -0.497 e. The second-order valence-corrected chi connectivity index (χ2v) is 7.65. The maximum Gasteiger partial charge on any atom is 0.279 e. The Morgan fingerprint density at radius 3 is 2.50 bits per heavy atom. The fraction of sp³-hybridized carbons (Fsp3) is 0.292. The van der Waals surface area contributed by atoms with Crippen LogP contribution in [0.5, 0.6) is 5.75 Å². The molecule has 0 aromatic heterocycles. The Morgan fingerprint density at radius 1 is 1.04 bits per heavy atom. The van der Waals surface area contributed by atoms with Gasteiger partial charge in [-0.1, -0.05) is 50.2 Å². The summed E-state index contributed by atoms with van der Waals surface area (Å²) in [4.78, 5) is 13.7. The molecule has 2 N–H and O–H groups in total. The first kappa shape index (κ1) is 19.9. The highest BCUT2D eigenvalue weighted by Gasteiger charge is 2.14. The van der Waals surface area contributed by atoms with Crippen molar-refractivity contribution in [3.05, 3.63) is 71.8 Å². The van der Waals surface area contributed by atoms with Crippen LogP contribution in [0.1, 0.15) is 30.9 Å². The molecule has 0 fully saturated rings. The normalized spacial score (nSPS) is 12.2. The number of methoxy groups -OCH3 is 1. The van der Waals surface area contributed by atoms with E-state index in [-0.39, 0.29) is 5.91 Å². The number of fused-ring (bicyclic) bond motifs is 1. The zero-order chi connectivity index (χ0) is 20.1. The smallest absolute Gasteiger partial charge is 0.279 e. The lowest BCUT2D eigenvalue weighted by atomic mass is 10.0. The number of para-hydroxylation sites is 1. The van der Waals surface area contributed by atoms with Crippen LogP contribution in [0.2, 0.25) is 0 Å². The molecule has 4 heteroatoms. The standard InChI is InChI=1S/C24H28N2O2/c1-17(2)22-7-5-6-8-23(22)25-24(27)16-26(3)15-18-9-10-20-14-21(28-4)12-11-19(20)13-18/h5-14,17H,15-16H2,1-4H3,(H,25,27)/p+1. The summed E-state index contributed by atoms with van der Waals surface area (Å²) in [7, 11) is 3.73. The van der Waals surface area contributed by atoms with Crippen molar-refractivity contribution in [2.24, 2.45) is 0 Å². The first-order valence-corrected chi connectivity index (χ1v) is 9.73. The van der Waals surface area contributed by atoms with Gasteiger partial charge in [-0.2, -0.15) is 0 Å². The van der Waals surface area contributed by atoms with Crippen LogP contribution in [-0.2, 0) is 11.3 Å². The van der Waals surface area contributed by atoms with Crippen LogP contribution < -0.4 is 15.0 Å². The topological polar surface area (TPSA) is 42.8 Å². The van der Waals surface area contributed by atoms with E-state index in [2.05, 4.69) is 49.5 Å². The number of carbonyl (C=O) groups is 1. The third kappa shape index (κ3) is 4.90. The first-order valence-electron chi connectivity index (χ1n) is 9.73. The minimum absolute atomic E-state index is 0.0381. The minimum atomic E-state index is 0.0381. The predicted octanol–water partition coefficient (Wildman–Crippen LogP) is 3.63. The highest BCUT2D eigenvalue weighted by molar-refractivity contribution is 5.92. The van der Waals surface area contributed by atoms with Crippen molar-refractivity contribution in [1.29, 1.82) is 0 Å². The van der Waals surface area contributed by atoms with E-state index in [0.29, 0.717) is 12.5 Å². The van der Waals surface area contributed by atoms with Crippen LogP contribution >= 0.6 is 0 Å². The molecule has 0 aliphatic heterocycles. The summed E-state index contributed by atoms with van der Waals surface area (Å²) in [5, 5.41) is 5.42. The van der Waals surface area contributed by atoms with Crippen LogP contribution in [0.15, 0.2) is 60.7 Å². The molecule has 0 spiro atoms. The summed E-state index contributed by atoms with van der Waals surface area (Å²) in [6, 6.07) is 20.5. The quantitative estimate of drug-likeness (QED) is 0.660. The summed E-state index contributed by atoms with van der Waals surface area (Å²) in [5.41, 5.74) is 3.29. The Bertz CT molecular complexity index is 966. The van der Waals surface area contributed by atoms with Crippen LogP contribution in [0.4, 0.5) is 5.69 Å². The second kappa shape index (κ2) is 8.89. The Morgan fingerprint density at radius 2 is 1.75 bits per heavy atom. The predicted molar refractivity (Wildman–Crippen MR) is 115 cm³/mol. The van der Waals surface area contributed by atoms with Crippen molar-refractivity contribution < 1.29 is 14.4 Å². The van der Waals surface area contributed by atoms with Gasteiger partial charge in [0.25, 0.3) is 5.91 Å². The Labute approximate surface area is 167 Å². The van der Waals surface area contributed by atoms with Gasteiger partial charge in [0.15, 0.2) is 6.54 Å². The third-order valence-corrected chi connectivity index (χ3v) is 4.94. The summed E-state index contributed by atoms with van der Waals surface area (Å²) in [6.45, 7) is 5.49. The molecule has 146 valence electrons. The van der Waals surface area contributed by atoms with Gasteiger partial charge in [-0.15, -0.1) is 0 Å². The zero-order valence-corrected chi connectivity index (χ0v) is 17.1. The number of amides is 1. The molecule has 0 bridgehead atoms. The Kier molecular flexibility index (Phi) is 6.32. The molecule has 0 aliphatic carbocycles. The van der Waals surface area contributed by atoms with Gasteiger partial charge in [0.1, 0.15) is 12.3 Å². The van der Waals surface area contributed by atoms with Gasteiger partial charge in [-0.3, -0.25) is 4.79 Å². The number of hydrogen-bond acceptors (Lipinski definition) is 2. The molecule has 28 heavy (non-hydrogen) atoms. The molecular formula is C24H29N2O2+. The van der Waals surface area contributed by atoms with E-state index in [9.17, 15) is 4.79 Å². The maximum absolute atomic E-state index is 12.5. The van der Waals surface area contributed by atoms with Gasteiger partial charge in [0.2, 0.25) is 0 Å². The number of hydrogen-bond donors (Lipinski definition) is 2.